The number of hydrogen-bond donors (Lipinski definition) is 2. The first kappa shape index (κ1) is 11.3. The van der Waals surface area contributed by atoms with Gasteiger partial charge in [0.25, 0.3) is 11.9 Å². The number of aromatic amines is 1. The zero-order valence-corrected chi connectivity index (χ0v) is 10.1. The minimum atomic E-state index is -0.311. The Labute approximate surface area is 108 Å². The number of carbonyl (C=O) groups excluding carboxylic acids is 1. The molecule has 0 atom stereocenters. The lowest BCUT2D eigenvalue weighted by Gasteiger charge is -2.06. The monoisotopic (exact) mass is 254 g/mol. The summed E-state index contributed by atoms with van der Waals surface area (Å²) in [6, 6.07) is 7.52. The second kappa shape index (κ2) is 4.45. The lowest BCUT2D eigenvalue weighted by Crippen LogP contribution is -2.14. The largest absolute Gasteiger partial charge is 0.288 e. The molecular formula is C12H10N6O. The van der Waals surface area contributed by atoms with Gasteiger partial charge in [-0.25, -0.2) is 0 Å². The first-order chi connectivity index (χ1) is 9.24. The maximum Gasteiger partial charge on any atom is 0.270 e. The molecule has 3 rings (SSSR count). The Morgan fingerprint density at radius 1 is 1.37 bits per heavy atom. The molecule has 1 aromatic carbocycles. The highest BCUT2D eigenvalue weighted by molar-refractivity contribution is 6.11. The molecule has 0 aliphatic heterocycles. The Morgan fingerprint density at radius 2 is 2.26 bits per heavy atom. The van der Waals surface area contributed by atoms with Gasteiger partial charge in [-0.05, 0) is 35.9 Å². The summed E-state index contributed by atoms with van der Waals surface area (Å²) >= 11 is 0. The normalized spacial score (nSPS) is 10.6. The second-order valence-electron chi connectivity index (χ2n) is 4.08. The first-order valence-electron chi connectivity index (χ1n) is 5.64. The van der Waals surface area contributed by atoms with E-state index in [2.05, 4.69) is 30.9 Å². The number of amides is 1. The van der Waals surface area contributed by atoms with Crippen molar-refractivity contribution in [2.24, 2.45) is 0 Å². The molecular weight excluding hydrogens is 244 g/mol. The average molecular weight is 254 g/mol. The van der Waals surface area contributed by atoms with Crippen LogP contribution in [-0.4, -0.2) is 31.5 Å². The van der Waals surface area contributed by atoms with Crippen LogP contribution in [0, 0.1) is 6.92 Å². The Hall–Kier alpha value is -2.83. The molecule has 0 radical (unpaired) electrons. The van der Waals surface area contributed by atoms with E-state index >= 15 is 0 Å². The maximum atomic E-state index is 12.2. The number of aromatic nitrogens is 5. The van der Waals surface area contributed by atoms with E-state index in [1.54, 1.807) is 12.3 Å². The molecule has 7 nitrogen and oxygen atoms in total. The highest BCUT2D eigenvalue weighted by Crippen LogP contribution is 2.19. The number of aryl methyl sites for hydroxylation is 1. The van der Waals surface area contributed by atoms with Crippen LogP contribution >= 0.6 is 0 Å². The van der Waals surface area contributed by atoms with E-state index in [0.29, 0.717) is 11.1 Å². The summed E-state index contributed by atoms with van der Waals surface area (Å²) in [7, 11) is 0. The van der Waals surface area contributed by atoms with Gasteiger partial charge in [0.05, 0.1) is 11.1 Å². The third-order valence-electron chi connectivity index (χ3n) is 2.66. The summed E-state index contributed by atoms with van der Waals surface area (Å²) in [5.74, 6) is -0.176. The van der Waals surface area contributed by atoms with Crippen LogP contribution in [-0.2, 0) is 0 Å². The van der Waals surface area contributed by atoms with Gasteiger partial charge in [0, 0.05) is 11.6 Å². The molecule has 0 aliphatic rings. The number of nitrogens with zero attached hydrogens (tertiary/aromatic N) is 4. The zero-order valence-electron chi connectivity index (χ0n) is 10.1. The van der Waals surface area contributed by atoms with Crippen molar-refractivity contribution in [1.29, 1.82) is 0 Å². The van der Waals surface area contributed by atoms with Crippen LogP contribution < -0.4 is 5.32 Å². The van der Waals surface area contributed by atoms with E-state index in [1.807, 2.05) is 25.1 Å². The Balaban J connectivity index is 2.06. The first-order valence-corrected chi connectivity index (χ1v) is 5.64. The number of hydrogen-bond acceptors (Lipinski definition) is 5. The number of benzene rings is 1. The molecule has 3 aromatic rings. The van der Waals surface area contributed by atoms with Gasteiger partial charge in [-0.15, -0.1) is 5.10 Å². The Morgan fingerprint density at radius 3 is 3.05 bits per heavy atom. The standard InChI is InChI=1S/C12H10N6O/c1-7-5-8-3-2-4-13-10(8)9(6-7)11(19)14-12-15-17-18-16-12/h2-6H,1H3,(H2,14,15,16,17,18,19). The van der Waals surface area contributed by atoms with Crippen molar-refractivity contribution in [2.45, 2.75) is 6.92 Å². The fraction of sp³-hybridized carbons (Fsp3) is 0.0833. The third kappa shape index (κ3) is 2.13. The summed E-state index contributed by atoms with van der Waals surface area (Å²) in [6.07, 6.45) is 1.66. The average Bonchev–Trinajstić information content (AvgIpc) is 2.90. The van der Waals surface area contributed by atoms with E-state index in [-0.39, 0.29) is 11.9 Å². The van der Waals surface area contributed by atoms with Crippen LogP contribution in [0.5, 0.6) is 0 Å². The fourth-order valence-electron chi connectivity index (χ4n) is 1.90. The van der Waals surface area contributed by atoms with Gasteiger partial charge >= 0.3 is 0 Å². The summed E-state index contributed by atoms with van der Waals surface area (Å²) in [5.41, 5.74) is 2.12. The quantitative estimate of drug-likeness (QED) is 0.718. The zero-order chi connectivity index (χ0) is 13.2. The van der Waals surface area contributed by atoms with E-state index in [9.17, 15) is 4.79 Å². The maximum absolute atomic E-state index is 12.2. The number of fused-ring (bicyclic) bond motifs is 1. The van der Waals surface area contributed by atoms with Gasteiger partial charge in [-0.1, -0.05) is 11.2 Å². The summed E-state index contributed by atoms with van der Waals surface area (Å²) in [5, 5.41) is 16.5. The minimum absolute atomic E-state index is 0.135. The summed E-state index contributed by atoms with van der Waals surface area (Å²) in [6.45, 7) is 1.93. The molecule has 0 spiro atoms. The molecule has 94 valence electrons. The molecule has 1 amide bonds. The number of nitrogens with one attached hydrogen (secondary N) is 2. The molecule has 0 aliphatic carbocycles. The number of rotatable bonds is 2. The van der Waals surface area contributed by atoms with Crippen molar-refractivity contribution in [2.75, 3.05) is 5.32 Å². The molecule has 0 saturated heterocycles. The molecule has 0 unspecified atom stereocenters. The Kier molecular flexibility index (Phi) is 2.64. The molecule has 2 heterocycles. The highest BCUT2D eigenvalue weighted by Gasteiger charge is 2.13. The fourth-order valence-corrected chi connectivity index (χ4v) is 1.90. The van der Waals surface area contributed by atoms with Gasteiger partial charge in [0.1, 0.15) is 0 Å². The van der Waals surface area contributed by atoms with Gasteiger partial charge in [0.15, 0.2) is 0 Å². The molecule has 0 bridgehead atoms. The van der Waals surface area contributed by atoms with Crippen molar-refractivity contribution in [1.82, 2.24) is 25.6 Å². The van der Waals surface area contributed by atoms with Gasteiger partial charge in [-0.3, -0.25) is 15.1 Å². The Bertz CT molecular complexity index is 737. The number of anilines is 1. The number of carbonyl (C=O) groups is 1. The number of pyridine rings is 1. The van der Waals surface area contributed by atoms with Crippen LogP contribution in [0.3, 0.4) is 0 Å². The van der Waals surface area contributed by atoms with Crippen LogP contribution in [0.25, 0.3) is 10.9 Å². The van der Waals surface area contributed by atoms with Gasteiger partial charge in [0.2, 0.25) is 0 Å². The number of tetrazole rings is 1. The smallest absolute Gasteiger partial charge is 0.270 e. The molecule has 19 heavy (non-hydrogen) atoms. The van der Waals surface area contributed by atoms with Crippen LogP contribution in [0.15, 0.2) is 30.5 Å². The van der Waals surface area contributed by atoms with Crippen molar-refractivity contribution in [3.8, 4) is 0 Å². The topological polar surface area (TPSA) is 96.5 Å². The highest BCUT2D eigenvalue weighted by atomic mass is 16.1. The third-order valence-corrected chi connectivity index (χ3v) is 2.66. The SMILES string of the molecule is Cc1cc(C(=O)Nc2nn[nH]n2)c2ncccc2c1. The van der Waals surface area contributed by atoms with Crippen LogP contribution in [0.4, 0.5) is 5.95 Å². The van der Waals surface area contributed by atoms with Crippen molar-refractivity contribution in [3.05, 3.63) is 41.6 Å². The summed E-state index contributed by atoms with van der Waals surface area (Å²) in [4.78, 5) is 16.5. The molecule has 0 saturated carbocycles. The molecule has 7 heteroatoms. The van der Waals surface area contributed by atoms with Crippen molar-refractivity contribution in [3.63, 3.8) is 0 Å². The lowest BCUT2D eigenvalue weighted by atomic mass is 10.1. The predicted molar refractivity (Wildman–Crippen MR) is 68.6 cm³/mol. The molecule has 2 aromatic heterocycles. The lowest BCUT2D eigenvalue weighted by molar-refractivity contribution is 0.102. The van der Waals surface area contributed by atoms with Gasteiger partial charge < -0.3 is 0 Å². The predicted octanol–water partition coefficient (Wildman–Crippen LogP) is 1.31. The van der Waals surface area contributed by atoms with E-state index in [4.69, 9.17) is 0 Å². The van der Waals surface area contributed by atoms with Crippen LogP contribution in [0.2, 0.25) is 0 Å². The van der Waals surface area contributed by atoms with E-state index in [0.717, 1.165) is 10.9 Å². The van der Waals surface area contributed by atoms with Gasteiger partial charge in [-0.2, -0.15) is 5.21 Å². The van der Waals surface area contributed by atoms with Crippen molar-refractivity contribution < 1.29 is 4.79 Å². The van der Waals surface area contributed by atoms with Crippen LogP contribution in [0.1, 0.15) is 15.9 Å². The minimum Gasteiger partial charge on any atom is -0.288 e. The van der Waals surface area contributed by atoms with E-state index in [1.165, 1.54) is 0 Å². The molecule has 2 N–H and O–H groups in total. The summed E-state index contributed by atoms with van der Waals surface area (Å²) < 4.78 is 0. The molecule has 0 fully saturated rings. The van der Waals surface area contributed by atoms with Crippen molar-refractivity contribution >= 4 is 22.8 Å². The number of H-pyrrole nitrogens is 1. The second-order valence-corrected chi connectivity index (χ2v) is 4.08. The van der Waals surface area contributed by atoms with E-state index < -0.39 is 0 Å².